The number of hydrogen-bond acceptors (Lipinski definition) is 8. The van der Waals surface area contributed by atoms with Crippen LogP contribution in [0.3, 0.4) is 0 Å². The Labute approximate surface area is 215 Å². The summed E-state index contributed by atoms with van der Waals surface area (Å²) in [6.45, 7) is 9.27. The maximum absolute atomic E-state index is 13.5. The van der Waals surface area contributed by atoms with Gasteiger partial charge in [-0.15, -0.1) is 5.10 Å². The van der Waals surface area contributed by atoms with Crippen LogP contribution in [0.4, 0.5) is 5.69 Å². The zero-order valence-electron chi connectivity index (χ0n) is 21.7. The lowest BCUT2D eigenvalue weighted by Crippen LogP contribution is -2.49. The van der Waals surface area contributed by atoms with Crippen LogP contribution < -0.4 is 15.2 Å². The van der Waals surface area contributed by atoms with Crippen molar-refractivity contribution in [2.45, 2.75) is 38.8 Å². The van der Waals surface area contributed by atoms with Gasteiger partial charge >= 0.3 is 0 Å². The molecule has 0 amide bonds. The molecule has 3 heterocycles. The number of pyridine rings is 1. The van der Waals surface area contributed by atoms with Crippen LogP contribution in [0.1, 0.15) is 44.6 Å². The number of tetrazole rings is 1. The van der Waals surface area contributed by atoms with Crippen LogP contribution in [0.2, 0.25) is 0 Å². The number of rotatable bonds is 7. The summed E-state index contributed by atoms with van der Waals surface area (Å²) in [5, 5.41) is 23.4. The minimum atomic E-state index is -0.418. The van der Waals surface area contributed by atoms with E-state index in [2.05, 4.69) is 51.1 Å². The number of fused-ring (bicyclic) bond motifs is 1. The van der Waals surface area contributed by atoms with Crippen molar-refractivity contribution < 1.29 is 9.84 Å². The van der Waals surface area contributed by atoms with Crippen LogP contribution in [0.5, 0.6) is 11.5 Å². The van der Waals surface area contributed by atoms with Gasteiger partial charge < -0.3 is 19.7 Å². The lowest BCUT2D eigenvalue weighted by molar-refractivity contribution is 0.186. The number of anilines is 1. The molecule has 1 saturated heterocycles. The maximum atomic E-state index is 13.5. The summed E-state index contributed by atoms with van der Waals surface area (Å²) >= 11 is 0. The van der Waals surface area contributed by atoms with Gasteiger partial charge in [-0.25, -0.2) is 4.68 Å². The molecule has 0 unspecified atom stereocenters. The second-order valence-corrected chi connectivity index (χ2v) is 10.1. The maximum Gasteiger partial charge on any atom is 0.253 e. The van der Waals surface area contributed by atoms with Gasteiger partial charge in [-0.2, -0.15) is 0 Å². The molecule has 0 aliphatic carbocycles. The zero-order chi connectivity index (χ0) is 26.2. The molecule has 1 fully saturated rings. The van der Waals surface area contributed by atoms with Crippen LogP contribution in [-0.2, 0) is 5.54 Å². The van der Waals surface area contributed by atoms with Crippen LogP contribution in [0, 0.1) is 0 Å². The Kier molecular flexibility index (Phi) is 6.59. The lowest BCUT2D eigenvalue weighted by Gasteiger charge is -2.40. The van der Waals surface area contributed by atoms with E-state index in [9.17, 15) is 9.90 Å². The minimum absolute atomic E-state index is 0.171. The summed E-state index contributed by atoms with van der Waals surface area (Å²) in [6, 6.07) is 14.5. The van der Waals surface area contributed by atoms with Crippen molar-refractivity contribution in [2.75, 3.05) is 38.2 Å². The van der Waals surface area contributed by atoms with E-state index in [-0.39, 0.29) is 16.8 Å². The second-order valence-electron chi connectivity index (χ2n) is 10.1. The van der Waals surface area contributed by atoms with Crippen LogP contribution in [-0.4, -0.2) is 68.5 Å². The molecule has 194 valence electrons. The summed E-state index contributed by atoms with van der Waals surface area (Å²) in [4.78, 5) is 21.1. The first-order valence-electron chi connectivity index (χ1n) is 12.6. The first-order valence-corrected chi connectivity index (χ1v) is 12.6. The normalized spacial score (nSPS) is 15.7. The number of aromatic nitrogens is 5. The highest BCUT2D eigenvalue weighted by atomic mass is 16.5. The molecular formula is C27H33N7O3. The molecular weight excluding hydrogens is 470 g/mol. The summed E-state index contributed by atoms with van der Waals surface area (Å²) in [7, 11) is 1.61. The fourth-order valence-electron chi connectivity index (χ4n) is 4.87. The number of H-pyrrole nitrogens is 1. The highest BCUT2D eigenvalue weighted by molar-refractivity contribution is 5.80. The topological polar surface area (TPSA) is 112 Å². The molecule has 0 radical (unpaired) electrons. The minimum Gasteiger partial charge on any atom is -0.508 e. The largest absolute Gasteiger partial charge is 0.508 e. The number of piperazine rings is 1. The summed E-state index contributed by atoms with van der Waals surface area (Å²) in [5.41, 5.74) is 1.90. The van der Waals surface area contributed by atoms with Crippen molar-refractivity contribution in [2.24, 2.45) is 0 Å². The molecule has 1 aliphatic rings. The molecule has 1 atom stereocenters. The standard InChI is InChI=1S/C27H33N7O3/c1-5-27(2,3)34-25(29-30-31-34)24(22-16-18-6-11-21(37-4)17-23(18)28-26(22)36)33-14-12-32(13-15-33)19-7-9-20(35)10-8-19/h6-11,16-17,24,35H,5,12-15H2,1-4H3,(H,28,36)/t24-/m1/s1. The van der Waals surface area contributed by atoms with Crippen molar-refractivity contribution in [1.82, 2.24) is 30.1 Å². The van der Waals surface area contributed by atoms with E-state index in [4.69, 9.17) is 4.74 Å². The molecule has 5 rings (SSSR count). The van der Waals surface area contributed by atoms with E-state index < -0.39 is 6.04 Å². The van der Waals surface area contributed by atoms with E-state index >= 15 is 0 Å². The van der Waals surface area contributed by atoms with Crippen LogP contribution in [0.15, 0.2) is 53.3 Å². The molecule has 10 nitrogen and oxygen atoms in total. The molecule has 2 N–H and O–H groups in total. The number of phenols is 1. The molecule has 0 bridgehead atoms. The number of aromatic amines is 1. The highest BCUT2D eigenvalue weighted by Gasteiger charge is 2.35. The fourth-order valence-corrected chi connectivity index (χ4v) is 4.87. The van der Waals surface area contributed by atoms with E-state index in [0.717, 1.165) is 36.1 Å². The molecule has 37 heavy (non-hydrogen) atoms. The summed E-state index contributed by atoms with van der Waals surface area (Å²) < 4.78 is 7.20. The predicted octanol–water partition coefficient (Wildman–Crippen LogP) is 3.29. The van der Waals surface area contributed by atoms with Gasteiger partial charge in [0.2, 0.25) is 0 Å². The van der Waals surface area contributed by atoms with Crippen molar-refractivity contribution in [3.63, 3.8) is 0 Å². The van der Waals surface area contributed by atoms with Gasteiger partial charge in [-0.1, -0.05) is 6.92 Å². The van der Waals surface area contributed by atoms with E-state index in [1.54, 1.807) is 19.2 Å². The number of phenolic OH excluding ortho intramolecular Hbond substituents is 1. The van der Waals surface area contributed by atoms with E-state index in [1.165, 1.54) is 0 Å². The number of aromatic hydroxyl groups is 1. The van der Waals surface area contributed by atoms with E-state index in [1.807, 2.05) is 41.1 Å². The molecule has 2 aromatic carbocycles. The van der Waals surface area contributed by atoms with Crippen LogP contribution >= 0.6 is 0 Å². The van der Waals surface area contributed by atoms with Gasteiger partial charge in [0.25, 0.3) is 5.56 Å². The Hall–Kier alpha value is -3.92. The van der Waals surface area contributed by atoms with Crippen LogP contribution in [0.25, 0.3) is 10.9 Å². The number of nitrogens with zero attached hydrogens (tertiary/aromatic N) is 6. The number of ether oxygens (including phenoxy) is 1. The molecule has 4 aromatic rings. The van der Waals surface area contributed by atoms with Crippen molar-refractivity contribution in [3.8, 4) is 11.5 Å². The molecule has 0 saturated carbocycles. The smallest absolute Gasteiger partial charge is 0.253 e. The summed E-state index contributed by atoms with van der Waals surface area (Å²) in [5.74, 6) is 1.59. The number of hydrogen-bond donors (Lipinski definition) is 2. The highest BCUT2D eigenvalue weighted by Crippen LogP contribution is 2.32. The zero-order valence-corrected chi connectivity index (χ0v) is 21.7. The Morgan fingerprint density at radius 1 is 1.08 bits per heavy atom. The van der Waals surface area contributed by atoms with Crippen molar-refractivity contribution in [1.29, 1.82) is 0 Å². The lowest BCUT2D eigenvalue weighted by atomic mass is 9.99. The van der Waals surface area contributed by atoms with Gasteiger partial charge in [0.1, 0.15) is 17.5 Å². The van der Waals surface area contributed by atoms with Gasteiger partial charge in [0, 0.05) is 43.5 Å². The third-order valence-electron chi connectivity index (χ3n) is 7.45. The van der Waals surface area contributed by atoms with E-state index in [0.29, 0.717) is 30.2 Å². The van der Waals surface area contributed by atoms with Crippen molar-refractivity contribution in [3.05, 3.63) is 70.3 Å². The molecule has 10 heteroatoms. The van der Waals surface area contributed by atoms with Gasteiger partial charge in [0.15, 0.2) is 5.82 Å². The van der Waals surface area contributed by atoms with Gasteiger partial charge in [-0.3, -0.25) is 9.69 Å². The average molecular weight is 504 g/mol. The molecule has 0 spiro atoms. The molecule has 2 aromatic heterocycles. The van der Waals surface area contributed by atoms with Gasteiger partial charge in [0.05, 0.1) is 18.2 Å². The quantitative estimate of drug-likeness (QED) is 0.395. The summed E-state index contributed by atoms with van der Waals surface area (Å²) in [6.07, 6.45) is 0.834. The second kappa shape index (κ2) is 9.85. The number of methoxy groups -OCH3 is 1. The monoisotopic (exact) mass is 503 g/mol. The Morgan fingerprint density at radius 2 is 1.81 bits per heavy atom. The Balaban J connectivity index is 1.55. The number of nitrogens with one attached hydrogen (secondary N) is 1. The molecule has 1 aliphatic heterocycles. The SMILES string of the molecule is CCC(C)(C)n1nnnc1[C@@H](c1cc2ccc(OC)cc2[nH]c1=O)N1CCN(c2ccc(O)cc2)CC1. The Morgan fingerprint density at radius 3 is 2.49 bits per heavy atom. The number of benzene rings is 2. The Bertz CT molecular complexity index is 1440. The van der Waals surface area contributed by atoms with Crippen molar-refractivity contribution >= 4 is 16.6 Å². The van der Waals surface area contributed by atoms with Gasteiger partial charge in [-0.05, 0) is 78.5 Å². The third-order valence-corrected chi connectivity index (χ3v) is 7.45. The predicted molar refractivity (Wildman–Crippen MR) is 142 cm³/mol. The first-order chi connectivity index (χ1) is 17.8. The first kappa shape index (κ1) is 24.8. The third kappa shape index (κ3) is 4.76. The average Bonchev–Trinajstić information content (AvgIpc) is 3.40. The fraction of sp³-hybridized carbons (Fsp3) is 0.407.